The second-order valence-corrected chi connectivity index (χ2v) is 6.82. The maximum Gasteiger partial charge on any atom is 0.340 e. The number of anilines is 1. The van der Waals surface area contributed by atoms with Gasteiger partial charge in [0.05, 0.1) is 25.4 Å². The van der Waals surface area contributed by atoms with Crippen molar-refractivity contribution in [2.45, 2.75) is 6.92 Å². The van der Waals surface area contributed by atoms with E-state index >= 15 is 0 Å². The van der Waals surface area contributed by atoms with Crippen LogP contribution in [0.5, 0.6) is 5.75 Å². The Labute approximate surface area is 166 Å². The highest BCUT2D eigenvalue weighted by atomic mass is 79.9. The lowest BCUT2D eigenvalue weighted by atomic mass is 10.0. The molecule has 1 amide bonds. The summed E-state index contributed by atoms with van der Waals surface area (Å²) in [5, 5.41) is 0. The topological polar surface area (TPSA) is 55.8 Å². The third kappa shape index (κ3) is 3.66. The second kappa shape index (κ2) is 7.80. The minimum absolute atomic E-state index is 0.262. The van der Waals surface area contributed by atoms with Crippen molar-refractivity contribution in [2.24, 2.45) is 0 Å². The molecule has 0 saturated carbocycles. The number of halogens is 1. The zero-order valence-electron chi connectivity index (χ0n) is 15.2. The van der Waals surface area contributed by atoms with Crippen LogP contribution in [0.1, 0.15) is 12.5 Å². The molecule has 1 aliphatic rings. The molecule has 0 saturated heterocycles. The Morgan fingerprint density at radius 1 is 1.11 bits per heavy atom. The maximum atomic E-state index is 13.2. The lowest BCUT2D eigenvalue weighted by Crippen LogP contribution is -2.24. The van der Waals surface area contributed by atoms with Crippen molar-refractivity contribution in [3.8, 4) is 5.75 Å². The first-order chi connectivity index (χ1) is 13.0. The highest BCUT2D eigenvalue weighted by Crippen LogP contribution is 2.36. The van der Waals surface area contributed by atoms with Gasteiger partial charge in [-0.05, 0) is 55.0 Å². The van der Waals surface area contributed by atoms with E-state index in [0.717, 1.165) is 10.0 Å². The normalized spacial score (nSPS) is 15.5. The summed E-state index contributed by atoms with van der Waals surface area (Å²) in [6.07, 6.45) is 1.70. The molecule has 3 rings (SSSR count). The predicted molar refractivity (Wildman–Crippen MR) is 107 cm³/mol. The van der Waals surface area contributed by atoms with Crippen LogP contribution in [0.25, 0.3) is 6.08 Å². The van der Waals surface area contributed by atoms with Crippen molar-refractivity contribution in [1.82, 2.24) is 0 Å². The van der Waals surface area contributed by atoms with Crippen LogP contribution >= 0.6 is 15.9 Å². The average molecular weight is 428 g/mol. The second-order valence-electron chi connectivity index (χ2n) is 5.90. The Bertz CT molecular complexity index is 960. The molecule has 0 unspecified atom stereocenters. The molecular formula is C21H18BrNO4. The molecule has 0 aromatic heterocycles. The van der Waals surface area contributed by atoms with Crippen LogP contribution in [0.2, 0.25) is 0 Å². The molecule has 0 fully saturated rings. The minimum Gasteiger partial charge on any atom is -0.497 e. The fourth-order valence-electron chi connectivity index (χ4n) is 2.99. The number of esters is 1. The van der Waals surface area contributed by atoms with E-state index in [0.29, 0.717) is 22.7 Å². The summed E-state index contributed by atoms with van der Waals surface area (Å²) in [6, 6.07) is 14.6. The molecule has 0 N–H and O–H groups in total. The van der Waals surface area contributed by atoms with Crippen LogP contribution < -0.4 is 9.64 Å². The Morgan fingerprint density at radius 3 is 2.41 bits per heavy atom. The Balaban J connectivity index is 2.11. The van der Waals surface area contributed by atoms with E-state index in [9.17, 15) is 9.59 Å². The van der Waals surface area contributed by atoms with E-state index in [2.05, 4.69) is 15.9 Å². The number of carbonyl (C=O) groups is 2. The maximum absolute atomic E-state index is 13.2. The van der Waals surface area contributed by atoms with Crippen molar-refractivity contribution >= 4 is 39.6 Å². The quantitative estimate of drug-likeness (QED) is 0.537. The van der Waals surface area contributed by atoms with E-state index in [-0.39, 0.29) is 11.5 Å². The molecular weight excluding hydrogens is 410 g/mol. The third-order valence-corrected chi connectivity index (χ3v) is 4.77. The molecule has 0 atom stereocenters. The van der Waals surface area contributed by atoms with E-state index < -0.39 is 5.97 Å². The molecule has 2 aromatic carbocycles. The van der Waals surface area contributed by atoms with Crippen LogP contribution in [0.4, 0.5) is 5.69 Å². The number of ether oxygens (including phenoxy) is 2. The molecule has 1 heterocycles. The summed E-state index contributed by atoms with van der Waals surface area (Å²) in [5.74, 6) is -0.138. The van der Waals surface area contributed by atoms with Gasteiger partial charge in [-0.25, -0.2) is 4.79 Å². The van der Waals surface area contributed by atoms with Crippen molar-refractivity contribution < 1.29 is 19.1 Å². The largest absolute Gasteiger partial charge is 0.497 e. The molecule has 1 aliphatic heterocycles. The van der Waals surface area contributed by atoms with Crippen LogP contribution in [0.15, 0.2) is 69.8 Å². The number of carbonyl (C=O) groups excluding carboxylic acids is 2. The van der Waals surface area contributed by atoms with Crippen LogP contribution in [-0.2, 0) is 14.3 Å². The van der Waals surface area contributed by atoms with Crippen molar-refractivity contribution in [3.63, 3.8) is 0 Å². The Hall–Kier alpha value is -2.86. The first-order valence-electron chi connectivity index (χ1n) is 8.21. The molecule has 5 nitrogen and oxygen atoms in total. The first kappa shape index (κ1) is 18.9. The van der Waals surface area contributed by atoms with Crippen LogP contribution in [0, 0.1) is 0 Å². The zero-order chi connectivity index (χ0) is 19.6. The summed E-state index contributed by atoms with van der Waals surface area (Å²) < 4.78 is 11.0. The SMILES string of the molecule is COC(=O)C1=C(C)N(c2ccc(OC)cc2)C(=O)/C1=C\c1cccc(Br)c1. The van der Waals surface area contributed by atoms with Gasteiger partial charge < -0.3 is 9.47 Å². The minimum atomic E-state index is -0.543. The third-order valence-electron chi connectivity index (χ3n) is 4.28. The summed E-state index contributed by atoms with van der Waals surface area (Å²) in [7, 11) is 2.88. The van der Waals surface area contributed by atoms with Crippen molar-refractivity contribution in [1.29, 1.82) is 0 Å². The number of hydrogen-bond acceptors (Lipinski definition) is 4. The van der Waals surface area contributed by atoms with E-state index in [4.69, 9.17) is 9.47 Å². The fourth-order valence-corrected chi connectivity index (χ4v) is 3.40. The molecule has 138 valence electrons. The number of nitrogens with zero attached hydrogens (tertiary/aromatic N) is 1. The van der Waals surface area contributed by atoms with Gasteiger partial charge in [-0.15, -0.1) is 0 Å². The number of allylic oxidation sites excluding steroid dienone is 1. The summed E-state index contributed by atoms with van der Waals surface area (Å²) in [5.41, 5.74) is 2.54. The zero-order valence-corrected chi connectivity index (χ0v) is 16.7. The van der Waals surface area contributed by atoms with Gasteiger partial charge >= 0.3 is 5.97 Å². The molecule has 0 aliphatic carbocycles. The lowest BCUT2D eigenvalue weighted by Gasteiger charge is -2.18. The first-order valence-corrected chi connectivity index (χ1v) is 9.01. The van der Waals surface area contributed by atoms with Gasteiger partial charge in [0.25, 0.3) is 5.91 Å². The van der Waals surface area contributed by atoms with Crippen molar-refractivity contribution in [2.75, 3.05) is 19.1 Å². The molecule has 0 bridgehead atoms. The smallest absolute Gasteiger partial charge is 0.340 e. The van der Waals surface area contributed by atoms with E-state index in [1.807, 2.05) is 24.3 Å². The lowest BCUT2D eigenvalue weighted by molar-refractivity contribution is -0.136. The van der Waals surface area contributed by atoms with Gasteiger partial charge in [0, 0.05) is 15.9 Å². The molecule has 2 aromatic rings. The van der Waals surface area contributed by atoms with Gasteiger partial charge in [0.2, 0.25) is 0 Å². The monoisotopic (exact) mass is 427 g/mol. The summed E-state index contributed by atoms with van der Waals surface area (Å²) >= 11 is 3.42. The number of hydrogen-bond donors (Lipinski definition) is 0. The van der Waals surface area contributed by atoms with Gasteiger partial charge in [-0.1, -0.05) is 28.1 Å². The van der Waals surface area contributed by atoms with Crippen LogP contribution in [-0.4, -0.2) is 26.1 Å². The number of rotatable bonds is 4. The number of methoxy groups -OCH3 is 2. The van der Waals surface area contributed by atoms with Gasteiger partial charge in [-0.3, -0.25) is 9.69 Å². The Kier molecular flexibility index (Phi) is 5.46. The molecule has 6 heteroatoms. The Morgan fingerprint density at radius 2 is 1.81 bits per heavy atom. The summed E-state index contributed by atoms with van der Waals surface area (Å²) in [6.45, 7) is 1.73. The summed E-state index contributed by atoms with van der Waals surface area (Å²) in [4.78, 5) is 27.1. The van der Waals surface area contributed by atoms with E-state index in [1.165, 1.54) is 12.0 Å². The van der Waals surface area contributed by atoms with Gasteiger partial charge in [0.1, 0.15) is 5.75 Å². The number of benzene rings is 2. The predicted octanol–water partition coefficient (Wildman–Crippen LogP) is 4.33. The van der Waals surface area contributed by atoms with E-state index in [1.54, 1.807) is 44.4 Å². The number of amides is 1. The van der Waals surface area contributed by atoms with Gasteiger partial charge in [0.15, 0.2) is 0 Å². The molecule has 0 spiro atoms. The average Bonchev–Trinajstić information content (AvgIpc) is 2.91. The standard InChI is InChI=1S/C21H18BrNO4/c1-13-19(21(25)27-3)18(12-14-5-4-6-15(22)11-14)20(24)23(13)16-7-9-17(26-2)10-8-16/h4-12H,1-3H3/b18-12-. The van der Waals surface area contributed by atoms with Crippen molar-refractivity contribution in [3.05, 3.63) is 75.4 Å². The highest BCUT2D eigenvalue weighted by Gasteiger charge is 2.37. The van der Waals surface area contributed by atoms with Gasteiger partial charge in [-0.2, -0.15) is 0 Å². The highest BCUT2D eigenvalue weighted by molar-refractivity contribution is 9.10. The molecule has 0 radical (unpaired) electrons. The van der Waals surface area contributed by atoms with Crippen LogP contribution in [0.3, 0.4) is 0 Å². The molecule has 27 heavy (non-hydrogen) atoms. The fraction of sp³-hybridized carbons (Fsp3) is 0.143.